The quantitative estimate of drug-likeness (QED) is 0.399. The van der Waals surface area contributed by atoms with E-state index >= 15 is 0 Å². The van der Waals surface area contributed by atoms with Crippen LogP contribution in [0.3, 0.4) is 0 Å². The number of ether oxygens (including phenoxy) is 4. The fourth-order valence-corrected chi connectivity index (χ4v) is 3.23. The van der Waals surface area contributed by atoms with Crippen LogP contribution in [-0.2, 0) is 6.42 Å². The zero-order valence-corrected chi connectivity index (χ0v) is 16.8. The fraction of sp³-hybridized carbons (Fsp3) is 0.300. The molecular formula is C20H21N3O7. The van der Waals surface area contributed by atoms with E-state index in [0.29, 0.717) is 35.0 Å². The molecule has 30 heavy (non-hydrogen) atoms. The van der Waals surface area contributed by atoms with Crippen molar-refractivity contribution in [2.45, 2.75) is 19.8 Å². The number of carbonyl (C=O) groups excluding carboxylic acids is 1. The summed E-state index contributed by atoms with van der Waals surface area (Å²) >= 11 is 0. The summed E-state index contributed by atoms with van der Waals surface area (Å²) in [7, 11) is 3.02. The lowest BCUT2D eigenvalue weighted by Gasteiger charge is -2.17. The van der Waals surface area contributed by atoms with E-state index in [0.717, 1.165) is 12.0 Å². The molecule has 0 saturated carbocycles. The minimum Gasteiger partial charge on any atom is -0.492 e. The van der Waals surface area contributed by atoms with Gasteiger partial charge in [-0.3, -0.25) is 14.9 Å². The Kier molecular flexibility index (Phi) is 6.35. The Bertz CT molecular complexity index is 1000. The van der Waals surface area contributed by atoms with Crippen LogP contribution in [0.4, 0.5) is 5.69 Å². The van der Waals surface area contributed by atoms with Crippen molar-refractivity contribution in [3.63, 3.8) is 0 Å². The first-order chi connectivity index (χ1) is 14.5. The third-order valence-corrected chi connectivity index (χ3v) is 4.48. The molecule has 10 heteroatoms. The normalized spacial score (nSPS) is 12.1. The molecular weight excluding hydrogens is 394 g/mol. The van der Waals surface area contributed by atoms with Crippen LogP contribution in [0.5, 0.6) is 23.0 Å². The molecule has 1 aliphatic heterocycles. The van der Waals surface area contributed by atoms with Crippen LogP contribution in [0.25, 0.3) is 0 Å². The van der Waals surface area contributed by atoms with Gasteiger partial charge in [-0.05, 0) is 12.5 Å². The zero-order chi connectivity index (χ0) is 21.7. The van der Waals surface area contributed by atoms with Gasteiger partial charge in [0.1, 0.15) is 5.56 Å². The van der Waals surface area contributed by atoms with Gasteiger partial charge in [-0.2, -0.15) is 5.10 Å². The molecule has 0 unspecified atom stereocenters. The van der Waals surface area contributed by atoms with Crippen molar-refractivity contribution in [3.05, 3.63) is 51.1 Å². The van der Waals surface area contributed by atoms with Crippen molar-refractivity contribution in [1.29, 1.82) is 0 Å². The highest BCUT2D eigenvalue weighted by Gasteiger charge is 2.30. The van der Waals surface area contributed by atoms with E-state index in [4.69, 9.17) is 18.9 Å². The highest BCUT2D eigenvalue weighted by atomic mass is 16.7. The molecule has 10 nitrogen and oxygen atoms in total. The second-order valence-corrected chi connectivity index (χ2v) is 6.25. The summed E-state index contributed by atoms with van der Waals surface area (Å²) in [6.07, 6.45) is 2.85. The minimum absolute atomic E-state index is 0.0304. The number of nitro groups is 1. The zero-order valence-electron chi connectivity index (χ0n) is 16.8. The Hall–Kier alpha value is -3.82. The number of nitrogens with one attached hydrogen (secondary N) is 1. The fourth-order valence-electron chi connectivity index (χ4n) is 3.23. The number of nitro benzene ring substituents is 1. The van der Waals surface area contributed by atoms with E-state index in [1.807, 2.05) is 6.92 Å². The van der Waals surface area contributed by atoms with Gasteiger partial charge in [0.15, 0.2) is 11.5 Å². The molecule has 0 aromatic heterocycles. The van der Waals surface area contributed by atoms with E-state index in [2.05, 4.69) is 10.5 Å². The molecule has 0 saturated heterocycles. The van der Waals surface area contributed by atoms with Gasteiger partial charge < -0.3 is 18.9 Å². The number of hydrogen-bond acceptors (Lipinski definition) is 8. The molecule has 158 valence electrons. The SMILES string of the molecule is CCCc1c(C=NNC(=O)c2ccccc2[N+](=O)[O-])c(OC)c2c(c1OC)OCO2. The Morgan fingerprint density at radius 2 is 1.90 bits per heavy atom. The first-order valence-corrected chi connectivity index (χ1v) is 9.16. The third-order valence-electron chi connectivity index (χ3n) is 4.48. The highest BCUT2D eigenvalue weighted by molar-refractivity contribution is 5.99. The van der Waals surface area contributed by atoms with Crippen LogP contribution in [0.1, 0.15) is 34.8 Å². The van der Waals surface area contributed by atoms with Gasteiger partial charge in [0.2, 0.25) is 18.3 Å². The molecule has 2 aromatic carbocycles. The molecule has 1 aliphatic rings. The molecule has 1 heterocycles. The molecule has 1 amide bonds. The number of methoxy groups -OCH3 is 2. The monoisotopic (exact) mass is 415 g/mol. The lowest BCUT2D eigenvalue weighted by molar-refractivity contribution is -0.385. The van der Waals surface area contributed by atoms with Crippen LogP contribution < -0.4 is 24.4 Å². The van der Waals surface area contributed by atoms with E-state index < -0.39 is 10.8 Å². The Balaban J connectivity index is 1.97. The minimum atomic E-state index is -0.706. The average Bonchev–Trinajstić information content (AvgIpc) is 3.23. The maximum absolute atomic E-state index is 12.4. The Labute approximate surface area is 172 Å². The number of para-hydroxylation sites is 1. The van der Waals surface area contributed by atoms with E-state index in [1.165, 1.54) is 44.7 Å². The molecule has 2 aromatic rings. The Morgan fingerprint density at radius 3 is 2.53 bits per heavy atom. The summed E-state index contributed by atoms with van der Waals surface area (Å²) in [5.74, 6) is 1.05. The molecule has 0 spiro atoms. The molecule has 1 N–H and O–H groups in total. The maximum Gasteiger partial charge on any atom is 0.282 e. The van der Waals surface area contributed by atoms with Gasteiger partial charge in [0.05, 0.1) is 25.4 Å². The molecule has 0 bridgehead atoms. The summed E-state index contributed by atoms with van der Waals surface area (Å²) in [4.78, 5) is 22.9. The van der Waals surface area contributed by atoms with Gasteiger partial charge >= 0.3 is 0 Å². The molecule has 3 rings (SSSR count). The second-order valence-electron chi connectivity index (χ2n) is 6.25. The van der Waals surface area contributed by atoms with Gasteiger partial charge in [-0.1, -0.05) is 25.5 Å². The van der Waals surface area contributed by atoms with Crippen molar-refractivity contribution in [3.8, 4) is 23.0 Å². The van der Waals surface area contributed by atoms with E-state index in [-0.39, 0.29) is 18.0 Å². The summed E-state index contributed by atoms with van der Waals surface area (Å²) in [5, 5.41) is 15.1. The average molecular weight is 415 g/mol. The van der Waals surface area contributed by atoms with Gasteiger partial charge in [0, 0.05) is 17.2 Å². The van der Waals surface area contributed by atoms with Crippen LogP contribution in [0.2, 0.25) is 0 Å². The highest BCUT2D eigenvalue weighted by Crippen LogP contribution is 2.51. The lowest BCUT2D eigenvalue weighted by atomic mass is 10.00. The van der Waals surface area contributed by atoms with Crippen LogP contribution in [-0.4, -0.2) is 38.1 Å². The van der Waals surface area contributed by atoms with Crippen LogP contribution >= 0.6 is 0 Å². The van der Waals surface area contributed by atoms with E-state index in [9.17, 15) is 14.9 Å². The molecule has 0 atom stereocenters. The molecule has 0 fully saturated rings. The summed E-state index contributed by atoms with van der Waals surface area (Å²) < 4.78 is 22.1. The van der Waals surface area contributed by atoms with Crippen molar-refractivity contribution < 1.29 is 28.7 Å². The van der Waals surface area contributed by atoms with Crippen LogP contribution in [0, 0.1) is 10.1 Å². The molecule has 0 aliphatic carbocycles. The third kappa shape index (κ3) is 3.84. The Morgan fingerprint density at radius 1 is 1.23 bits per heavy atom. The largest absolute Gasteiger partial charge is 0.492 e. The topological polar surface area (TPSA) is 122 Å². The predicted octanol–water partition coefficient (Wildman–Crippen LogP) is 3.06. The summed E-state index contributed by atoms with van der Waals surface area (Å²) in [5.41, 5.74) is 3.27. The lowest BCUT2D eigenvalue weighted by Crippen LogP contribution is -2.19. The van der Waals surface area contributed by atoms with Crippen molar-refractivity contribution >= 4 is 17.8 Å². The standard InChI is InChI=1S/C20H21N3O7/c1-4-7-12-14(17(28-3)19-18(16(12)27-2)29-11-30-19)10-21-22-20(24)13-8-5-6-9-15(13)23(25)26/h5-6,8-10H,4,7,11H2,1-3H3,(H,22,24). The predicted molar refractivity (Wildman–Crippen MR) is 108 cm³/mol. The number of benzene rings is 2. The number of amides is 1. The number of fused-ring (bicyclic) bond motifs is 1. The van der Waals surface area contributed by atoms with E-state index in [1.54, 1.807) is 0 Å². The first kappa shape index (κ1) is 20.9. The number of hydrazone groups is 1. The number of carbonyl (C=O) groups is 1. The van der Waals surface area contributed by atoms with Crippen LogP contribution in [0.15, 0.2) is 29.4 Å². The number of hydrogen-bond donors (Lipinski definition) is 1. The van der Waals surface area contributed by atoms with Gasteiger partial charge in [-0.25, -0.2) is 5.43 Å². The molecule has 0 radical (unpaired) electrons. The summed E-state index contributed by atoms with van der Waals surface area (Å²) in [6, 6.07) is 5.63. The number of nitrogens with zero attached hydrogens (tertiary/aromatic N) is 2. The summed E-state index contributed by atoms with van der Waals surface area (Å²) in [6.45, 7) is 2.04. The smallest absolute Gasteiger partial charge is 0.282 e. The van der Waals surface area contributed by atoms with Crippen molar-refractivity contribution in [1.82, 2.24) is 5.43 Å². The first-order valence-electron chi connectivity index (χ1n) is 9.16. The maximum atomic E-state index is 12.4. The van der Waals surface area contributed by atoms with Crippen molar-refractivity contribution in [2.24, 2.45) is 5.10 Å². The van der Waals surface area contributed by atoms with Crippen molar-refractivity contribution in [2.75, 3.05) is 21.0 Å². The van der Waals surface area contributed by atoms with Gasteiger partial charge in [0.25, 0.3) is 11.6 Å². The van der Waals surface area contributed by atoms with Gasteiger partial charge in [-0.15, -0.1) is 0 Å². The number of rotatable bonds is 8. The second kappa shape index (κ2) is 9.12.